The zero-order valence-corrected chi connectivity index (χ0v) is 13.2. The van der Waals surface area contributed by atoms with Gasteiger partial charge in [-0.1, -0.05) is 0 Å². The predicted molar refractivity (Wildman–Crippen MR) is 77.1 cm³/mol. The van der Waals surface area contributed by atoms with Gasteiger partial charge in [0.2, 0.25) is 10.0 Å². The molecule has 0 aliphatic carbocycles. The number of aromatic nitrogens is 1. The standard InChI is InChI=1S/C12H18BrN3O2S/c1-9(14)10-3-2-4-16(8-10)19(17,18)12-5-11(13)6-15-7-12/h5-7,9-10H,2-4,8,14H2,1H3. The van der Waals surface area contributed by atoms with Crippen LogP contribution in [0.5, 0.6) is 0 Å². The third-order valence-corrected chi connectivity index (χ3v) is 5.75. The first-order valence-electron chi connectivity index (χ1n) is 6.27. The van der Waals surface area contributed by atoms with Crippen LogP contribution in [0.4, 0.5) is 0 Å². The van der Waals surface area contributed by atoms with Gasteiger partial charge in [-0.05, 0) is 47.7 Å². The van der Waals surface area contributed by atoms with E-state index in [0.29, 0.717) is 17.6 Å². The molecule has 0 bridgehead atoms. The first-order valence-corrected chi connectivity index (χ1v) is 8.51. The SMILES string of the molecule is CC(N)C1CCCN(S(=O)(=O)c2cncc(Br)c2)C1. The van der Waals surface area contributed by atoms with E-state index in [1.165, 1.54) is 10.5 Å². The van der Waals surface area contributed by atoms with Gasteiger partial charge in [0.05, 0.1) is 0 Å². The minimum Gasteiger partial charge on any atom is -0.328 e. The van der Waals surface area contributed by atoms with Crippen LogP contribution in [0.1, 0.15) is 19.8 Å². The summed E-state index contributed by atoms with van der Waals surface area (Å²) in [5.74, 6) is 0.226. The molecule has 2 atom stereocenters. The second-order valence-electron chi connectivity index (χ2n) is 4.96. The highest BCUT2D eigenvalue weighted by atomic mass is 79.9. The van der Waals surface area contributed by atoms with Crippen LogP contribution in [-0.2, 0) is 10.0 Å². The summed E-state index contributed by atoms with van der Waals surface area (Å²) in [4.78, 5) is 4.15. The van der Waals surface area contributed by atoms with Crippen molar-refractivity contribution in [3.05, 3.63) is 22.9 Å². The molecular weight excluding hydrogens is 330 g/mol. The topological polar surface area (TPSA) is 76.3 Å². The van der Waals surface area contributed by atoms with Crippen LogP contribution in [0.3, 0.4) is 0 Å². The zero-order valence-electron chi connectivity index (χ0n) is 10.8. The Kier molecular flexibility index (Phi) is 4.60. The lowest BCUT2D eigenvalue weighted by atomic mass is 9.93. The summed E-state index contributed by atoms with van der Waals surface area (Å²) in [5, 5.41) is 0. The normalized spacial score (nSPS) is 23.2. The average Bonchev–Trinajstić information content (AvgIpc) is 2.39. The van der Waals surface area contributed by atoms with E-state index in [0.717, 1.165) is 12.8 Å². The lowest BCUT2D eigenvalue weighted by Gasteiger charge is -2.33. The Morgan fingerprint density at radius 3 is 2.89 bits per heavy atom. The highest BCUT2D eigenvalue weighted by Gasteiger charge is 2.31. The van der Waals surface area contributed by atoms with Gasteiger partial charge in [0.25, 0.3) is 0 Å². The minimum absolute atomic E-state index is 0.0126. The number of hydrogen-bond acceptors (Lipinski definition) is 4. The summed E-state index contributed by atoms with van der Waals surface area (Å²) in [7, 11) is -3.47. The number of rotatable bonds is 3. The highest BCUT2D eigenvalue weighted by molar-refractivity contribution is 9.10. The van der Waals surface area contributed by atoms with Crippen LogP contribution >= 0.6 is 15.9 Å². The number of nitrogens with zero attached hydrogens (tertiary/aromatic N) is 2. The predicted octanol–water partition coefficient (Wildman–Crippen LogP) is 1.59. The van der Waals surface area contributed by atoms with E-state index in [2.05, 4.69) is 20.9 Å². The number of nitrogens with two attached hydrogens (primary N) is 1. The van der Waals surface area contributed by atoms with E-state index >= 15 is 0 Å². The molecule has 1 aromatic rings. The highest BCUT2D eigenvalue weighted by Crippen LogP contribution is 2.25. The fraction of sp³-hybridized carbons (Fsp3) is 0.583. The Balaban J connectivity index is 2.24. The maximum absolute atomic E-state index is 12.5. The van der Waals surface area contributed by atoms with Crippen molar-refractivity contribution in [3.63, 3.8) is 0 Å². The van der Waals surface area contributed by atoms with Crippen LogP contribution in [-0.4, -0.2) is 36.8 Å². The maximum atomic E-state index is 12.5. The van der Waals surface area contributed by atoms with E-state index in [1.54, 1.807) is 12.3 Å². The van der Waals surface area contributed by atoms with Crippen molar-refractivity contribution in [2.24, 2.45) is 11.7 Å². The van der Waals surface area contributed by atoms with Gasteiger partial charge in [0, 0.05) is 36.0 Å². The smallest absolute Gasteiger partial charge is 0.244 e. The molecule has 2 heterocycles. The van der Waals surface area contributed by atoms with Crippen molar-refractivity contribution in [3.8, 4) is 0 Å². The maximum Gasteiger partial charge on any atom is 0.244 e. The second-order valence-corrected chi connectivity index (χ2v) is 7.82. The lowest BCUT2D eigenvalue weighted by molar-refractivity contribution is 0.243. The molecule has 0 aromatic carbocycles. The van der Waals surface area contributed by atoms with Crippen LogP contribution in [0, 0.1) is 5.92 Å². The van der Waals surface area contributed by atoms with Gasteiger partial charge < -0.3 is 5.73 Å². The molecule has 0 amide bonds. The summed E-state index contributed by atoms with van der Waals surface area (Å²) in [6.07, 6.45) is 4.79. The van der Waals surface area contributed by atoms with Crippen molar-refractivity contribution in [2.45, 2.75) is 30.7 Å². The molecule has 1 aromatic heterocycles. The second kappa shape index (κ2) is 5.87. The Morgan fingerprint density at radius 2 is 2.26 bits per heavy atom. The third-order valence-electron chi connectivity index (χ3n) is 3.48. The largest absolute Gasteiger partial charge is 0.328 e. The van der Waals surface area contributed by atoms with E-state index in [-0.39, 0.29) is 16.9 Å². The van der Waals surface area contributed by atoms with Crippen LogP contribution in [0.15, 0.2) is 27.8 Å². The number of hydrogen-bond donors (Lipinski definition) is 1. The third kappa shape index (κ3) is 3.34. The minimum atomic E-state index is -3.47. The van der Waals surface area contributed by atoms with Gasteiger partial charge in [0.15, 0.2) is 0 Å². The van der Waals surface area contributed by atoms with Gasteiger partial charge in [0.1, 0.15) is 4.90 Å². The molecule has 2 N–H and O–H groups in total. The Hall–Kier alpha value is -0.500. The first kappa shape index (κ1) is 14.9. The molecule has 5 nitrogen and oxygen atoms in total. The van der Waals surface area contributed by atoms with Crippen molar-refractivity contribution in [1.82, 2.24) is 9.29 Å². The van der Waals surface area contributed by atoms with E-state index in [9.17, 15) is 8.42 Å². The van der Waals surface area contributed by atoms with Gasteiger partial charge in [-0.15, -0.1) is 0 Å². The zero-order chi connectivity index (χ0) is 14.0. The fourth-order valence-corrected chi connectivity index (χ4v) is 4.35. The monoisotopic (exact) mass is 347 g/mol. The Labute approximate surface area is 122 Å². The Bertz CT molecular complexity index is 548. The van der Waals surface area contributed by atoms with Crippen molar-refractivity contribution in [2.75, 3.05) is 13.1 Å². The van der Waals surface area contributed by atoms with E-state index < -0.39 is 10.0 Å². The summed E-state index contributed by atoms with van der Waals surface area (Å²) >= 11 is 3.25. The number of piperidine rings is 1. The summed E-state index contributed by atoms with van der Waals surface area (Å²) in [5.41, 5.74) is 5.89. The van der Waals surface area contributed by atoms with E-state index in [4.69, 9.17) is 5.73 Å². The van der Waals surface area contributed by atoms with Crippen LogP contribution in [0.2, 0.25) is 0 Å². The van der Waals surface area contributed by atoms with Crippen molar-refractivity contribution >= 4 is 26.0 Å². The van der Waals surface area contributed by atoms with Crippen LogP contribution < -0.4 is 5.73 Å². The summed E-state index contributed by atoms with van der Waals surface area (Å²) < 4.78 is 27.2. The fourth-order valence-electron chi connectivity index (χ4n) is 2.30. The molecule has 1 aliphatic heterocycles. The molecular formula is C12H18BrN3O2S. The van der Waals surface area contributed by atoms with Crippen molar-refractivity contribution in [1.29, 1.82) is 0 Å². The van der Waals surface area contributed by atoms with Crippen LogP contribution in [0.25, 0.3) is 0 Å². The number of pyridine rings is 1. The van der Waals surface area contributed by atoms with Crippen molar-refractivity contribution < 1.29 is 8.42 Å². The molecule has 1 aliphatic rings. The molecule has 0 radical (unpaired) electrons. The number of halogens is 1. The molecule has 0 spiro atoms. The molecule has 1 saturated heterocycles. The molecule has 7 heteroatoms. The molecule has 106 valence electrons. The number of sulfonamides is 1. The molecule has 2 unspecified atom stereocenters. The molecule has 1 fully saturated rings. The quantitative estimate of drug-likeness (QED) is 0.900. The summed E-state index contributed by atoms with van der Waals surface area (Å²) in [6, 6.07) is 1.59. The first-order chi connectivity index (χ1) is 8.91. The van der Waals surface area contributed by atoms with Gasteiger partial charge in [-0.2, -0.15) is 4.31 Å². The van der Waals surface area contributed by atoms with Gasteiger partial charge in [-0.25, -0.2) is 8.42 Å². The summed E-state index contributed by atoms with van der Waals surface area (Å²) in [6.45, 7) is 2.98. The van der Waals surface area contributed by atoms with E-state index in [1.807, 2.05) is 6.92 Å². The van der Waals surface area contributed by atoms with Gasteiger partial charge >= 0.3 is 0 Å². The molecule has 2 rings (SSSR count). The lowest BCUT2D eigenvalue weighted by Crippen LogP contribution is -2.44. The van der Waals surface area contributed by atoms with Gasteiger partial charge in [-0.3, -0.25) is 4.98 Å². The Morgan fingerprint density at radius 1 is 1.53 bits per heavy atom. The average molecular weight is 348 g/mol. The molecule has 0 saturated carbocycles. The molecule has 19 heavy (non-hydrogen) atoms.